The summed E-state index contributed by atoms with van der Waals surface area (Å²) in [7, 11) is 3.96. The summed E-state index contributed by atoms with van der Waals surface area (Å²) >= 11 is 0. The minimum Gasteiger partial charge on any atom is -0.484 e. The number of nitrogens with one attached hydrogen (secondary N) is 1. The Hall–Kier alpha value is -2.76. The van der Waals surface area contributed by atoms with E-state index >= 15 is 0 Å². The van der Waals surface area contributed by atoms with Gasteiger partial charge in [0.1, 0.15) is 11.6 Å². The van der Waals surface area contributed by atoms with Crippen molar-refractivity contribution < 1.29 is 9.53 Å². The van der Waals surface area contributed by atoms with E-state index in [1.807, 2.05) is 67.3 Å². The molecule has 2 aromatic rings. The zero-order chi connectivity index (χ0) is 19.9. The van der Waals surface area contributed by atoms with Gasteiger partial charge in [0, 0.05) is 33.2 Å². The van der Waals surface area contributed by atoms with Crippen molar-refractivity contribution in [1.82, 2.24) is 9.88 Å². The molecule has 1 aliphatic heterocycles. The number of likely N-dealkylation sites (tertiary alicyclic amines) is 1. The summed E-state index contributed by atoms with van der Waals surface area (Å²) in [5.41, 5.74) is 2.15. The smallest absolute Gasteiger partial charge is 0.260 e. The van der Waals surface area contributed by atoms with E-state index in [1.54, 1.807) is 0 Å². The van der Waals surface area contributed by atoms with Crippen LogP contribution in [0.3, 0.4) is 0 Å². The Balaban J connectivity index is 1.47. The highest BCUT2D eigenvalue weighted by atomic mass is 16.5. The van der Waals surface area contributed by atoms with E-state index < -0.39 is 0 Å². The van der Waals surface area contributed by atoms with Crippen molar-refractivity contribution in [2.75, 3.05) is 44.0 Å². The van der Waals surface area contributed by atoms with Gasteiger partial charge < -0.3 is 19.9 Å². The van der Waals surface area contributed by atoms with Gasteiger partial charge in [0.15, 0.2) is 6.61 Å². The van der Waals surface area contributed by atoms with Gasteiger partial charge in [0.2, 0.25) is 0 Å². The highest BCUT2D eigenvalue weighted by Gasteiger charge is 2.21. The van der Waals surface area contributed by atoms with Crippen molar-refractivity contribution in [2.45, 2.75) is 32.2 Å². The third kappa shape index (κ3) is 5.62. The molecule has 2 heterocycles. The average molecular weight is 383 g/mol. The maximum atomic E-state index is 12.5. The normalized spacial score (nSPS) is 17.0. The molecule has 28 heavy (non-hydrogen) atoms. The molecule has 6 nitrogen and oxygen atoms in total. The Morgan fingerprint density at radius 1 is 1.25 bits per heavy atom. The molecule has 1 amide bonds. The highest BCUT2D eigenvalue weighted by molar-refractivity contribution is 5.77. The Bertz CT molecular complexity index is 776. The minimum absolute atomic E-state index is 0.0548. The predicted octanol–water partition coefficient (Wildman–Crippen LogP) is 3.33. The number of rotatable bonds is 6. The third-order valence-electron chi connectivity index (χ3n) is 5.01. The maximum Gasteiger partial charge on any atom is 0.260 e. The average Bonchev–Trinajstić information content (AvgIpc) is 2.92. The summed E-state index contributed by atoms with van der Waals surface area (Å²) in [6, 6.07) is 12.2. The molecular formula is C22H30N4O2. The van der Waals surface area contributed by atoms with Gasteiger partial charge in [0.25, 0.3) is 5.91 Å². The number of ether oxygens (including phenoxy) is 1. The molecule has 150 valence electrons. The van der Waals surface area contributed by atoms with Crippen molar-refractivity contribution in [3.05, 3.63) is 48.2 Å². The van der Waals surface area contributed by atoms with Crippen LogP contribution in [0.1, 0.15) is 24.8 Å². The van der Waals surface area contributed by atoms with Crippen LogP contribution in [0.25, 0.3) is 0 Å². The minimum atomic E-state index is 0.0548. The van der Waals surface area contributed by atoms with Crippen molar-refractivity contribution in [1.29, 1.82) is 0 Å². The number of nitrogens with zero attached hydrogens (tertiary/aromatic N) is 3. The molecule has 6 heteroatoms. The summed E-state index contributed by atoms with van der Waals surface area (Å²) in [5.74, 6) is 1.74. The van der Waals surface area contributed by atoms with Crippen molar-refractivity contribution in [3.63, 3.8) is 0 Å². The summed E-state index contributed by atoms with van der Waals surface area (Å²) in [6.07, 6.45) is 4.82. The van der Waals surface area contributed by atoms with Crippen molar-refractivity contribution in [3.8, 4) is 5.75 Å². The summed E-state index contributed by atoms with van der Waals surface area (Å²) in [5, 5.41) is 3.56. The molecular weight excluding hydrogens is 352 g/mol. The fourth-order valence-electron chi connectivity index (χ4n) is 3.40. The first-order valence-corrected chi connectivity index (χ1v) is 9.88. The lowest BCUT2D eigenvalue weighted by Crippen LogP contribution is -2.36. The summed E-state index contributed by atoms with van der Waals surface area (Å²) in [6.45, 7) is 3.64. The van der Waals surface area contributed by atoms with Crippen LogP contribution in [0.5, 0.6) is 5.75 Å². The second kappa shape index (κ2) is 9.44. The van der Waals surface area contributed by atoms with E-state index in [0.717, 1.165) is 55.2 Å². The number of hydrogen-bond donors (Lipinski definition) is 1. The monoisotopic (exact) mass is 382 g/mol. The largest absolute Gasteiger partial charge is 0.484 e. The van der Waals surface area contributed by atoms with Crippen LogP contribution in [-0.4, -0.2) is 55.6 Å². The molecule has 0 saturated carbocycles. The van der Waals surface area contributed by atoms with E-state index in [1.165, 1.54) is 0 Å². The van der Waals surface area contributed by atoms with Crippen molar-refractivity contribution in [2.24, 2.45) is 0 Å². The van der Waals surface area contributed by atoms with E-state index in [-0.39, 0.29) is 12.5 Å². The number of carbonyl (C=O) groups excluding carboxylic acids is 1. The number of hydrogen-bond acceptors (Lipinski definition) is 5. The van der Waals surface area contributed by atoms with Gasteiger partial charge in [-0.15, -0.1) is 0 Å². The molecule has 0 bridgehead atoms. The molecule has 3 rings (SSSR count). The van der Waals surface area contributed by atoms with Crippen LogP contribution in [0.15, 0.2) is 42.6 Å². The molecule has 1 N–H and O–H groups in total. The predicted molar refractivity (Wildman–Crippen MR) is 113 cm³/mol. The standard InChI is InChI=1S/C22H30N4O2/c1-17-6-4-8-20(14-17)28-16-22(27)26-12-5-7-18(11-13-26)24-19-9-10-21(23-15-19)25(2)3/h4,6,8-10,14-15,18,24H,5,7,11-13,16H2,1-3H3/t18-/m1/s1. The Morgan fingerprint density at radius 2 is 2.11 bits per heavy atom. The number of pyridine rings is 1. The van der Waals surface area contributed by atoms with Crippen LogP contribution < -0.4 is 15.0 Å². The fraction of sp³-hybridized carbons (Fsp3) is 0.455. The first-order chi connectivity index (χ1) is 13.5. The van der Waals surface area contributed by atoms with Crippen LogP contribution in [0.4, 0.5) is 11.5 Å². The SMILES string of the molecule is Cc1cccc(OCC(=O)N2CCC[C@@H](Nc3ccc(N(C)C)nc3)CC2)c1. The van der Waals surface area contributed by atoms with E-state index in [4.69, 9.17) is 4.74 Å². The van der Waals surface area contributed by atoms with Crippen LogP contribution in [-0.2, 0) is 4.79 Å². The van der Waals surface area contributed by atoms with Crippen LogP contribution in [0, 0.1) is 6.92 Å². The molecule has 0 radical (unpaired) electrons. The summed E-state index contributed by atoms with van der Waals surface area (Å²) in [4.78, 5) is 20.9. The van der Waals surface area contributed by atoms with Crippen LogP contribution in [0.2, 0.25) is 0 Å². The molecule has 0 unspecified atom stereocenters. The Kier molecular flexibility index (Phi) is 6.74. The lowest BCUT2D eigenvalue weighted by molar-refractivity contribution is -0.133. The molecule has 1 aromatic carbocycles. The van der Waals surface area contributed by atoms with Gasteiger partial charge in [-0.3, -0.25) is 4.79 Å². The van der Waals surface area contributed by atoms with Crippen molar-refractivity contribution >= 4 is 17.4 Å². The number of aromatic nitrogens is 1. The van der Waals surface area contributed by atoms with Gasteiger partial charge in [0.05, 0.1) is 11.9 Å². The maximum absolute atomic E-state index is 12.5. The fourth-order valence-corrected chi connectivity index (χ4v) is 3.40. The first kappa shape index (κ1) is 20.0. The van der Waals surface area contributed by atoms with Gasteiger partial charge in [-0.1, -0.05) is 12.1 Å². The van der Waals surface area contributed by atoms with Gasteiger partial charge in [-0.25, -0.2) is 4.98 Å². The lowest BCUT2D eigenvalue weighted by atomic mass is 10.1. The number of benzene rings is 1. The zero-order valence-electron chi connectivity index (χ0n) is 17.0. The molecule has 1 fully saturated rings. The second-order valence-corrected chi connectivity index (χ2v) is 7.56. The summed E-state index contributed by atoms with van der Waals surface area (Å²) < 4.78 is 5.68. The first-order valence-electron chi connectivity index (χ1n) is 9.88. The molecule has 1 saturated heterocycles. The topological polar surface area (TPSA) is 57.7 Å². The molecule has 1 aromatic heterocycles. The number of carbonyl (C=O) groups is 1. The molecule has 1 aliphatic rings. The molecule has 0 aliphatic carbocycles. The molecule has 0 spiro atoms. The van der Waals surface area contributed by atoms with Gasteiger partial charge >= 0.3 is 0 Å². The van der Waals surface area contributed by atoms with E-state index in [0.29, 0.717) is 6.04 Å². The van der Waals surface area contributed by atoms with Gasteiger partial charge in [-0.05, 0) is 56.0 Å². The van der Waals surface area contributed by atoms with E-state index in [2.05, 4.69) is 16.4 Å². The quantitative estimate of drug-likeness (QED) is 0.830. The number of anilines is 2. The number of aryl methyl sites for hydroxylation is 1. The Labute approximate surface area is 167 Å². The van der Waals surface area contributed by atoms with Crippen LogP contribution >= 0.6 is 0 Å². The Morgan fingerprint density at radius 3 is 2.82 bits per heavy atom. The zero-order valence-corrected chi connectivity index (χ0v) is 17.0. The number of amides is 1. The molecule has 1 atom stereocenters. The van der Waals surface area contributed by atoms with Gasteiger partial charge in [-0.2, -0.15) is 0 Å². The highest BCUT2D eigenvalue weighted by Crippen LogP contribution is 2.19. The third-order valence-corrected chi connectivity index (χ3v) is 5.01. The lowest BCUT2D eigenvalue weighted by Gasteiger charge is -2.21. The van der Waals surface area contributed by atoms with E-state index in [9.17, 15) is 4.79 Å². The second-order valence-electron chi connectivity index (χ2n) is 7.56.